The molecule has 1 rings (SSSR count). The van der Waals surface area contributed by atoms with Crippen LogP contribution < -0.4 is 34.9 Å². The Hall–Kier alpha value is -0.0900. The number of hydrogen-bond acceptors (Lipinski definition) is 6. The van der Waals surface area contributed by atoms with Crippen LogP contribution in [0.3, 0.4) is 0 Å². The number of rotatable bonds is 4. The molecule has 116 valence electrons. The molecule has 0 bridgehead atoms. The summed E-state index contributed by atoms with van der Waals surface area (Å²) < 4.78 is 42.4. The third-order valence-electron chi connectivity index (χ3n) is 2.68. The predicted molar refractivity (Wildman–Crippen MR) is 65.9 cm³/mol. The Morgan fingerprint density at radius 3 is 2.48 bits per heavy atom. The smallest absolute Gasteiger partial charge is 1.00 e. The van der Waals surface area contributed by atoms with Crippen LogP contribution in [0.15, 0.2) is 0 Å². The minimum Gasteiger partial charge on any atom is -1.00 e. The molecule has 0 saturated carbocycles. The second kappa shape index (κ2) is 9.14. The molecule has 0 aromatic rings. The van der Waals surface area contributed by atoms with Gasteiger partial charge < -0.3 is 11.5 Å². The van der Waals surface area contributed by atoms with Crippen molar-refractivity contribution in [3.63, 3.8) is 0 Å². The summed E-state index contributed by atoms with van der Waals surface area (Å²) in [6.45, 7) is 1.65. The van der Waals surface area contributed by atoms with Crippen molar-refractivity contribution >= 4 is 28.8 Å². The van der Waals surface area contributed by atoms with E-state index in [9.17, 15) is 27.6 Å². The fourth-order valence-electron chi connectivity index (χ4n) is 1.62. The maximum absolute atomic E-state index is 12.7. The molecule has 1 heterocycles. The van der Waals surface area contributed by atoms with Gasteiger partial charge in [0, 0.05) is 12.7 Å². The number of hydrogen-bond donors (Lipinski definition) is 1. The van der Waals surface area contributed by atoms with Gasteiger partial charge in [0.05, 0.1) is 0 Å². The molecule has 0 aromatic heterocycles. The van der Waals surface area contributed by atoms with Crippen molar-refractivity contribution in [1.29, 1.82) is 0 Å². The van der Waals surface area contributed by atoms with Crippen LogP contribution in [0.4, 0.5) is 13.2 Å². The Labute approximate surface area is 147 Å². The molecule has 5 nitrogen and oxygen atoms in total. The third-order valence-corrected chi connectivity index (χ3v) is 3.59. The van der Waals surface area contributed by atoms with E-state index in [0.29, 0.717) is 31.1 Å². The molecule has 0 aromatic carbocycles. The maximum Gasteiger partial charge on any atom is 1.00 e. The Kier molecular flexibility index (Phi) is 9.10. The number of nitrogens with one attached hydrogen (secondary N) is 1. The normalized spacial score (nSPS) is 19.5. The number of carbonyl (C=O) groups excluding carboxylic acids is 3. The molecule has 0 amide bonds. The predicted octanol–water partition coefficient (Wildman–Crippen LogP) is -1.62. The second-order valence-corrected chi connectivity index (χ2v) is 5.48. The number of ether oxygens (including phenoxy) is 1. The first-order valence-electron chi connectivity index (χ1n) is 5.91. The molecule has 0 spiro atoms. The van der Waals surface area contributed by atoms with Gasteiger partial charge in [-0.1, -0.05) is 11.8 Å². The van der Waals surface area contributed by atoms with Crippen molar-refractivity contribution in [1.82, 2.24) is 5.32 Å². The Bertz CT molecular complexity index is 405. The molecule has 1 saturated heterocycles. The van der Waals surface area contributed by atoms with Gasteiger partial charge in [0.15, 0.2) is 11.0 Å². The summed E-state index contributed by atoms with van der Waals surface area (Å²) >= 11 is 0.367. The summed E-state index contributed by atoms with van der Waals surface area (Å²) in [7, 11) is 0. The van der Waals surface area contributed by atoms with E-state index in [1.54, 1.807) is 0 Å². The standard InChI is InChI=1S/C11H14F3NO4S.Na.H/c1-6(16)20-5-7(11(12,13)14)9(17)19-10(18)8-3-2-4-15-8;;/h7-8,15H,2-5H2,1H3;;/q;+1;-1/t7?,8-;;/m0../s1. The van der Waals surface area contributed by atoms with Crippen LogP contribution in [-0.2, 0) is 19.1 Å². The van der Waals surface area contributed by atoms with Gasteiger partial charge in [0.2, 0.25) is 0 Å². The number of halogens is 3. The first-order chi connectivity index (χ1) is 9.21. The Morgan fingerprint density at radius 2 is 2.05 bits per heavy atom. The summed E-state index contributed by atoms with van der Waals surface area (Å²) in [6, 6.07) is -0.742. The SMILES string of the molecule is CC(=O)SCC(C(=O)OC(=O)[C@@H]1CCCN1)C(F)(F)F.[H-].[Na+]. The zero-order valence-corrected chi connectivity index (χ0v) is 14.5. The van der Waals surface area contributed by atoms with E-state index in [4.69, 9.17) is 0 Å². The quantitative estimate of drug-likeness (QED) is 0.378. The maximum atomic E-state index is 12.7. The molecule has 2 atom stereocenters. The molecular formula is C11H15F3NNaO4S. The number of carbonyl (C=O) groups is 3. The van der Waals surface area contributed by atoms with Gasteiger partial charge in [-0.05, 0) is 19.4 Å². The van der Waals surface area contributed by atoms with Crippen molar-refractivity contribution in [3.8, 4) is 0 Å². The van der Waals surface area contributed by atoms with Crippen LogP contribution in [0.5, 0.6) is 0 Å². The van der Waals surface area contributed by atoms with E-state index >= 15 is 0 Å². The van der Waals surface area contributed by atoms with Gasteiger partial charge >= 0.3 is 47.7 Å². The average Bonchev–Trinajstić information content (AvgIpc) is 2.79. The van der Waals surface area contributed by atoms with Gasteiger partial charge in [0.25, 0.3) is 0 Å². The van der Waals surface area contributed by atoms with E-state index in [0.717, 1.165) is 6.92 Å². The van der Waals surface area contributed by atoms with Gasteiger partial charge in [-0.2, -0.15) is 13.2 Å². The van der Waals surface area contributed by atoms with E-state index < -0.39 is 40.9 Å². The van der Waals surface area contributed by atoms with Crippen LogP contribution in [0.2, 0.25) is 0 Å². The molecule has 1 aliphatic heterocycles. The van der Waals surface area contributed by atoms with E-state index in [2.05, 4.69) is 10.1 Å². The Morgan fingerprint density at radius 1 is 1.43 bits per heavy atom. The van der Waals surface area contributed by atoms with Gasteiger partial charge in [-0.3, -0.25) is 9.59 Å². The molecule has 1 unspecified atom stereocenters. The van der Waals surface area contributed by atoms with Crippen molar-refractivity contribution in [2.24, 2.45) is 5.92 Å². The second-order valence-electron chi connectivity index (χ2n) is 4.29. The zero-order chi connectivity index (χ0) is 15.3. The monoisotopic (exact) mass is 337 g/mol. The molecule has 1 aliphatic rings. The fraction of sp³-hybridized carbons (Fsp3) is 0.727. The van der Waals surface area contributed by atoms with E-state index in [-0.39, 0.29) is 31.0 Å². The minimum atomic E-state index is -4.86. The van der Waals surface area contributed by atoms with Crippen LogP contribution >= 0.6 is 11.8 Å². The fourth-order valence-corrected chi connectivity index (χ4v) is 2.35. The first kappa shape index (κ1) is 20.9. The average molecular weight is 337 g/mol. The van der Waals surface area contributed by atoms with Crippen LogP contribution in [-0.4, -0.2) is 41.6 Å². The number of esters is 2. The van der Waals surface area contributed by atoms with Gasteiger partial charge in [0.1, 0.15) is 6.04 Å². The van der Waals surface area contributed by atoms with Crippen LogP contribution in [0, 0.1) is 5.92 Å². The largest absolute Gasteiger partial charge is 1.00 e. The minimum absolute atomic E-state index is 0. The zero-order valence-electron chi connectivity index (χ0n) is 12.7. The van der Waals surface area contributed by atoms with Crippen molar-refractivity contribution in [2.75, 3.05) is 12.3 Å². The van der Waals surface area contributed by atoms with Crippen molar-refractivity contribution < 1.29 is 63.3 Å². The van der Waals surface area contributed by atoms with Gasteiger partial charge in [-0.15, -0.1) is 0 Å². The van der Waals surface area contributed by atoms with Crippen LogP contribution in [0.1, 0.15) is 21.2 Å². The molecule has 10 heteroatoms. The molecule has 0 radical (unpaired) electrons. The summed E-state index contributed by atoms with van der Waals surface area (Å²) in [6.07, 6.45) is -3.75. The van der Waals surface area contributed by atoms with Crippen molar-refractivity contribution in [3.05, 3.63) is 0 Å². The van der Waals surface area contributed by atoms with E-state index in [1.165, 1.54) is 0 Å². The molecule has 21 heavy (non-hydrogen) atoms. The Balaban J connectivity index is 0. The number of alkyl halides is 3. The number of thioether (sulfide) groups is 1. The van der Waals surface area contributed by atoms with Gasteiger partial charge in [-0.25, -0.2) is 4.79 Å². The molecule has 0 aliphatic carbocycles. The molecular weight excluding hydrogens is 322 g/mol. The summed E-state index contributed by atoms with van der Waals surface area (Å²) in [5.41, 5.74) is 0. The molecule has 1 N–H and O–H groups in total. The first-order valence-corrected chi connectivity index (χ1v) is 6.89. The van der Waals surface area contributed by atoms with Crippen molar-refractivity contribution in [2.45, 2.75) is 32.0 Å². The molecule has 1 fully saturated rings. The summed E-state index contributed by atoms with van der Waals surface area (Å²) in [5, 5.41) is 2.18. The third kappa shape index (κ3) is 7.14. The van der Waals surface area contributed by atoms with E-state index in [1.807, 2.05) is 0 Å². The summed E-state index contributed by atoms with van der Waals surface area (Å²) in [4.78, 5) is 33.6. The van der Waals surface area contributed by atoms with Crippen LogP contribution in [0.25, 0.3) is 0 Å². The summed E-state index contributed by atoms with van der Waals surface area (Å²) in [5.74, 6) is -5.94. The topological polar surface area (TPSA) is 72.5 Å².